The first-order valence-electron chi connectivity index (χ1n) is 7.21. The van der Waals surface area contributed by atoms with Gasteiger partial charge in [0.1, 0.15) is 5.82 Å². The third-order valence-corrected chi connectivity index (χ3v) is 3.19. The molecule has 1 heterocycles. The highest BCUT2D eigenvalue weighted by molar-refractivity contribution is 5.90. The van der Waals surface area contributed by atoms with Gasteiger partial charge in [0.25, 0.3) is 0 Å². The Hall–Kier alpha value is -2.23. The van der Waals surface area contributed by atoms with E-state index in [0.29, 0.717) is 25.0 Å². The lowest BCUT2D eigenvalue weighted by Crippen LogP contribution is -2.12. The second kappa shape index (κ2) is 6.97. The van der Waals surface area contributed by atoms with Gasteiger partial charge in [0, 0.05) is 12.6 Å². The minimum atomic E-state index is -0.351. The molecule has 21 heavy (non-hydrogen) atoms. The van der Waals surface area contributed by atoms with Crippen LogP contribution in [-0.2, 0) is 17.6 Å². The number of carbonyl (C=O) groups excluding carboxylic acids is 1. The van der Waals surface area contributed by atoms with Crippen molar-refractivity contribution in [1.29, 1.82) is 0 Å². The second-order valence-corrected chi connectivity index (χ2v) is 4.89. The van der Waals surface area contributed by atoms with Crippen molar-refractivity contribution in [2.75, 3.05) is 6.61 Å². The van der Waals surface area contributed by atoms with Crippen molar-refractivity contribution in [1.82, 2.24) is 9.97 Å². The molecule has 0 atom stereocenters. The van der Waals surface area contributed by atoms with Gasteiger partial charge in [0.15, 0.2) is 0 Å². The van der Waals surface area contributed by atoms with Crippen molar-refractivity contribution in [2.45, 2.75) is 33.6 Å². The predicted molar refractivity (Wildman–Crippen MR) is 81.4 cm³/mol. The minimum absolute atomic E-state index is 0.351. The highest BCUT2D eigenvalue weighted by Crippen LogP contribution is 2.12. The minimum Gasteiger partial charge on any atom is -0.462 e. The van der Waals surface area contributed by atoms with Crippen LogP contribution >= 0.6 is 0 Å². The molecule has 0 aliphatic carbocycles. The molecule has 110 valence electrons. The Morgan fingerprint density at radius 3 is 2.76 bits per heavy atom. The van der Waals surface area contributed by atoms with Crippen molar-refractivity contribution >= 4 is 5.97 Å². The molecule has 0 fully saturated rings. The van der Waals surface area contributed by atoms with Gasteiger partial charge in [-0.15, -0.1) is 0 Å². The number of hydrogen-bond donors (Lipinski definition) is 0. The molecule has 0 saturated carbocycles. The Kier molecular flexibility index (Phi) is 5.04. The lowest BCUT2D eigenvalue weighted by molar-refractivity contribution is 0.0524. The summed E-state index contributed by atoms with van der Waals surface area (Å²) in [5.74, 6) is 0.377. The summed E-state index contributed by atoms with van der Waals surface area (Å²) >= 11 is 0. The van der Waals surface area contributed by atoms with Crippen LogP contribution in [0, 0.1) is 6.92 Å². The Morgan fingerprint density at radius 1 is 1.29 bits per heavy atom. The molecule has 0 unspecified atom stereocenters. The summed E-state index contributed by atoms with van der Waals surface area (Å²) < 4.78 is 5.03. The molecule has 4 heteroatoms. The zero-order chi connectivity index (χ0) is 15.2. The standard InChI is InChI=1S/C17H20N2O2/c1-4-15-14(17(20)21-5-2)11-18-16(19-15)10-13-8-6-7-12(3)9-13/h6-9,11H,4-5,10H2,1-3H3. The maximum Gasteiger partial charge on any atom is 0.341 e. The van der Waals surface area contributed by atoms with E-state index in [9.17, 15) is 4.79 Å². The third-order valence-electron chi connectivity index (χ3n) is 3.19. The van der Waals surface area contributed by atoms with E-state index in [4.69, 9.17) is 4.74 Å². The number of rotatable bonds is 5. The zero-order valence-corrected chi connectivity index (χ0v) is 12.7. The SMILES string of the molecule is CCOC(=O)c1cnc(Cc2cccc(C)c2)nc1CC. The number of carbonyl (C=O) groups is 1. The quantitative estimate of drug-likeness (QED) is 0.792. The Labute approximate surface area is 125 Å². The zero-order valence-electron chi connectivity index (χ0n) is 12.7. The molecule has 0 N–H and O–H groups in total. The lowest BCUT2D eigenvalue weighted by Gasteiger charge is -2.08. The average molecular weight is 284 g/mol. The van der Waals surface area contributed by atoms with Gasteiger partial charge in [0.2, 0.25) is 0 Å². The van der Waals surface area contributed by atoms with Crippen LogP contribution in [0.5, 0.6) is 0 Å². The van der Waals surface area contributed by atoms with E-state index in [1.54, 1.807) is 13.1 Å². The summed E-state index contributed by atoms with van der Waals surface area (Å²) in [4.78, 5) is 20.6. The molecular weight excluding hydrogens is 264 g/mol. The van der Waals surface area contributed by atoms with Crippen LogP contribution in [0.2, 0.25) is 0 Å². The first kappa shape index (κ1) is 15.2. The summed E-state index contributed by atoms with van der Waals surface area (Å²) in [6.07, 6.45) is 2.92. The van der Waals surface area contributed by atoms with Crippen molar-refractivity contribution < 1.29 is 9.53 Å². The van der Waals surface area contributed by atoms with Gasteiger partial charge >= 0.3 is 5.97 Å². The number of nitrogens with zero attached hydrogens (tertiary/aromatic N) is 2. The Balaban J connectivity index is 2.24. The molecule has 2 rings (SSSR count). The van der Waals surface area contributed by atoms with E-state index in [1.807, 2.05) is 13.0 Å². The molecule has 2 aromatic rings. The molecule has 0 aliphatic rings. The number of esters is 1. The molecule has 1 aromatic carbocycles. The van der Waals surface area contributed by atoms with Crippen molar-refractivity contribution in [3.8, 4) is 0 Å². The van der Waals surface area contributed by atoms with E-state index >= 15 is 0 Å². The topological polar surface area (TPSA) is 52.1 Å². The van der Waals surface area contributed by atoms with Gasteiger partial charge in [-0.2, -0.15) is 0 Å². The summed E-state index contributed by atoms with van der Waals surface area (Å²) in [6, 6.07) is 8.26. The lowest BCUT2D eigenvalue weighted by atomic mass is 10.1. The first-order chi connectivity index (χ1) is 10.1. The van der Waals surface area contributed by atoms with Gasteiger partial charge in [-0.05, 0) is 25.8 Å². The van der Waals surface area contributed by atoms with Gasteiger partial charge in [-0.3, -0.25) is 0 Å². The monoisotopic (exact) mass is 284 g/mol. The fraction of sp³-hybridized carbons (Fsp3) is 0.353. The largest absolute Gasteiger partial charge is 0.462 e. The summed E-state index contributed by atoms with van der Waals surface area (Å²) in [6.45, 7) is 6.18. The van der Waals surface area contributed by atoms with Crippen LogP contribution in [-0.4, -0.2) is 22.5 Å². The molecule has 0 spiro atoms. The summed E-state index contributed by atoms with van der Waals surface area (Å²) in [7, 11) is 0. The number of hydrogen-bond acceptors (Lipinski definition) is 4. The van der Waals surface area contributed by atoms with E-state index < -0.39 is 0 Å². The highest BCUT2D eigenvalue weighted by atomic mass is 16.5. The molecule has 1 aromatic heterocycles. The fourth-order valence-electron chi connectivity index (χ4n) is 2.20. The predicted octanol–water partition coefficient (Wildman–Crippen LogP) is 3.11. The summed E-state index contributed by atoms with van der Waals surface area (Å²) in [5.41, 5.74) is 3.59. The van der Waals surface area contributed by atoms with E-state index in [0.717, 1.165) is 11.5 Å². The smallest absolute Gasteiger partial charge is 0.341 e. The average Bonchev–Trinajstić information content (AvgIpc) is 2.47. The van der Waals surface area contributed by atoms with E-state index in [-0.39, 0.29) is 5.97 Å². The second-order valence-electron chi connectivity index (χ2n) is 4.89. The molecule has 4 nitrogen and oxygen atoms in total. The van der Waals surface area contributed by atoms with Crippen molar-refractivity contribution in [3.05, 3.63) is 58.7 Å². The van der Waals surface area contributed by atoms with Crippen LogP contribution < -0.4 is 0 Å². The Morgan fingerprint density at radius 2 is 2.10 bits per heavy atom. The number of aromatic nitrogens is 2. The van der Waals surface area contributed by atoms with Crippen molar-refractivity contribution in [2.24, 2.45) is 0 Å². The molecule has 0 amide bonds. The van der Waals surface area contributed by atoms with Gasteiger partial charge in [-0.1, -0.05) is 36.8 Å². The molecule has 0 aliphatic heterocycles. The Bertz CT molecular complexity index is 638. The number of ether oxygens (including phenoxy) is 1. The number of aryl methyl sites for hydroxylation is 2. The van der Waals surface area contributed by atoms with E-state index in [2.05, 4.69) is 35.1 Å². The third kappa shape index (κ3) is 3.88. The van der Waals surface area contributed by atoms with Gasteiger partial charge in [0.05, 0.1) is 17.9 Å². The molecule has 0 saturated heterocycles. The normalized spacial score (nSPS) is 10.4. The number of benzene rings is 1. The van der Waals surface area contributed by atoms with Crippen LogP contribution in [0.4, 0.5) is 0 Å². The maximum absolute atomic E-state index is 11.8. The summed E-state index contributed by atoms with van der Waals surface area (Å²) in [5, 5.41) is 0. The fourth-order valence-corrected chi connectivity index (χ4v) is 2.20. The molecule has 0 bridgehead atoms. The molecule has 0 radical (unpaired) electrons. The van der Waals surface area contributed by atoms with Crippen molar-refractivity contribution in [3.63, 3.8) is 0 Å². The molecular formula is C17H20N2O2. The first-order valence-corrected chi connectivity index (χ1v) is 7.21. The van der Waals surface area contributed by atoms with E-state index in [1.165, 1.54) is 11.1 Å². The van der Waals surface area contributed by atoms with Gasteiger partial charge < -0.3 is 4.74 Å². The van der Waals surface area contributed by atoms with Crippen LogP contribution in [0.15, 0.2) is 30.5 Å². The highest BCUT2D eigenvalue weighted by Gasteiger charge is 2.14. The van der Waals surface area contributed by atoms with Crippen LogP contribution in [0.25, 0.3) is 0 Å². The van der Waals surface area contributed by atoms with Crippen LogP contribution in [0.1, 0.15) is 46.9 Å². The maximum atomic E-state index is 11.8. The van der Waals surface area contributed by atoms with Gasteiger partial charge in [-0.25, -0.2) is 14.8 Å². The van der Waals surface area contributed by atoms with Crippen LogP contribution in [0.3, 0.4) is 0 Å².